The quantitative estimate of drug-likeness (QED) is 0.656. The van der Waals surface area contributed by atoms with Crippen molar-refractivity contribution in [3.63, 3.8) is 0 Å². The zero-order chi connectivity index (χ0) is 14.7. The summed E-state index contributed by atoms with van der Waals surface area (Å²) in [5, 5.41) is 0. The minimum Gasteiger partial charge on any atom is -0.271 e. The summed E-state index contributed by atoms with van der Waals surface area (Å²) in [4.78, 5) is 0. The van der Waals surface area contributed by atoms with Crippen molar-refractivity contribution >= 4 is 15.9 Å². The Balaban J connectivity index is 2.28. The fourth-order valence-electron chi connectivity index (χ4n) is 2.08. The molecule has 0 aliphatic carbocycles. The summed E-state index contributed by atoms with van der Waals surface area (Å²) in [7, 11) is 0. The van der Waals surface area contributed by atoms with Crippen LogP contribution < -0.4 is 11.3 Å². The molecule has 0 heterocycles. The van der Waals surface area contributed by atoms with Crippen LogP contribution in [0.15, 0.2) is 40.9 Å². The SMILES string of the molecule is Cc1cc(C(Cc2cccc(F)c2Br)NN)ccc1F. The second kappa shape index (κ2) is 6.43. The number of hydrogen-bond donors (Lipinski definition) is 2. The summed E-state index contributed by atoms with van der Waals surface area (Å²) in [6.45, 7) is 1.70. The van der Waals surface area contributed by atoms with Crippen molar-refractivity contribution in [3.05, 3.63) is 69.2 Å². The second-order valence-electron chi connectivity index (χ2n) is 4.64. The van der Waals surface area contributed by atoms with E-state index in [0.29, 0.717) is 16.5 Å². The van der Waals surface area contributed by atoms with E-state index in [0.717, 1.165) is 11.1 Å². The number of rotatable bonds is 4. The maximum atomic E-state index is 13.5. The summed E-state index contributed by atoms with van der Waals surface area (Å²) < 4.78 is 27.2. The zero-order valence-electron chi connectivity index (χ0n) is 11.0. The minimum absolute atomic E-state index is 0.215. The molecule has 20 heavy (non-hydrogen) atoms. The first kappa shape index (κ1) is 15.1. The van der Waals surface area contributed by atoms with Crippen LogP contribution >= 0.6 is 15.9 Å². The molecule has 1 unspecified atom stereocenters. The van der Waals surface area contributed by atoms with Crippen LogP contribution in [-0.4, -0.2) is 0 Å². The molecular weight excluding hydrogens is 326 g/mol. The largest absolute Gasteiger partial charge is 0.271 e. The smallest absolute Gasteiger partial charge is 0.137 e. The van der Waals surface area contributed by atoms with Gasteiger partial charge < -0.3 is 0 Å². The van der Waals surface area contributed by atoms with E-state index in [2.05, 4.69) is 21.4 Å². The van der Waals surface area contributed by atoms with E-state index in [1.807, 2.05) is 6.07 Å². The summed E-state index contributed by atoms with van der Waals surface area (Å²) in [6, 6.07) is 9.49. The van der Waals surface area contributed by atoms with E-state index in [1.54, 1.807) is 25.1 Å². The molecule has 0 bridgehead atoms. The van der Waals surface area contributed by atoms with Crippen molar-refractivity contribution in [1.82, 2.24) is 5.43 Å². The van der Waals surface area contributed by atoms with Gasteiger partial charge in [-0.2, -0.15) is 0 Å². The molecule has 5 heteroatoms. The van der Waals surface area contributed by atoms with Gasteiger partial charge in [0.1, 0.15) is 11.6 Å². The Morgan fingerprint density at radius 1 is 1.20 bits per heavy atom. The molecule has 2 aromatic rings. The number of benzene rings is 2. The van der Waals surface area contributed by atoms with E-state index in [9.17, 15) is 8.78 Å². The number of nitrogens with two attached hydrogens (primary N) is 1. The van der Waals surface area contributed by atoms with Crippen molar-refractivity contribution in [2.75, 3.05) is 0 Å². The van der Waals surface area contributed by atoms with Gasteiger partial charge in [-0.05, 0) is 58.1 Å². The molecule has 106 valence electrons. The lowest BCUT2D eigenvalue weighted by molar-refractivity contribution is 0.543. The first-order valence-electron chi connectivity index (χ1n) is 6.18. The van der Waals surface area contributed by atoms with E-state index in [4.69, 9.17) is 5.84 Å². The molecule has 0 saturated carbocycles. The summed E-state index contributed by atoms with van der Waals surface area (Å²) in [6.07, 6.45) is 0.500. The van der Waals surface area contributed by atoms with Crippen LogP contribution in [-0.2, 0) is 6.42 Å². The third kappa shape index (κ3) is 3.23. The molecule has 0 radical (unpaired) electrons. The lowest BCUT2D eigenvalue weighted by Gasteiger charge is -2.18. The van der Waals surface area contributed by atoms with Gasteiger partial charge in [0, 0.05) is 0 Å². The van der Waals surface area contributed by atoms with Gasteiger partial charge >= 0.3 is 0 Å². The molecule has 3 N–H and O–H groups in total. The molecular formula is C15H15BrF2N2. The Bertz CT molecular complexity index is 617. The molecule has 2 nitrogen and oxygen atoms in total. The lowest BCUT2D eigenvalue weighted by Crippen LogP contribution is -2.29. The fourth-order valence-corrected chi connectivity index (χ4v) is 2.51. The van der Waals surface area contributed by atoms with Crippen molar-refractivity contribution in [1.29, 1.82) is 0 Å². The maximum Gasteiger partial charge on any atom is 0.137 e. The summed E-state index contributed by atoms with van der Waals surface area (Å²) in [5.41, 5.74) is 4.92. The third-order valence-electron chi connectivity index (χ3n) is 3.24. The van der Waals surface area contributed by atoms with Gasteiger partial charge in [0.15, 0.2) is 0 Å². The van der Waals surface area contributed by atoms with E-state index < -0.39 is 0 Å². The highest BCUT2D eigenvalue weighted by molar-refractivity contribution is 9.10. The molecule has 0 fully saturated rings. The molecule has 0 aliphatic rings. The van der Waals surface area contributed by atoms with Gasteiger partial charge in [0.2, 0.25) is 0 Å². The number of hydrogen-bond acceptors (Lipinski definition) is 2. The molecule has 2 aromatic carbocycles. The van der Waals surface area contributed by atoms with Gasteiger partial charge in [0.05, 0.1) is 10.5 Å². The molecule has 0 saturated heterocycles. The normalized spacial score (nSPS) is 12.4. The van der Waals surface area contributed by atoms with Crippen LogP contribution in [0.2, 0.25) is 0 Å². The van der Waals surface area contributed by atoms with Crippen LogP contribution in [0.5, 0.6) is 0 Å². The van der Waals surface area contributed by atoms with Crippen LogP contribution in [0.1, 0.15) is 22.7 Å². The average Bonchev–Trinajstić information content (AvgIpc) is 2.44. The first-order chi connectivity index (χ1) is 9.52. The Morgan fingerprint density at radius 3 is 2.60 bits per heavy atom. The van der Waals surface area contributed by atoms with E-state index >= 15 is 0 Å². The highest BCUT2D eigenvalue weighted by Gasteiger charge is 2.15. The van der Waals surface area contributed by atoms with E-state index in [1.165, 1.54) is 12.1 Å². The molecule has 0 amide bonds. The standard InChI is InChI=1S/C15H15BrF2N2/c1-9-7-10(5-6-12(9)17)14(20-19)8-11-3-2-4-13(18)15(11)16/h2-7,14,20H,8,19H2,1H3. The Hall–Kier alpha value is -1.30. The van der Waals surface area contributed by atoms with Gasteiger partial charge in [-0.1, -0.05) is 24.3 Å². The van der Waals surface area contributed by atoms with Crippen LogP contribution in [0.25, 0.3) is 0 Å². The van der Waals surface area contributed by atoms with Crippen molar-refractivity contribution in [3.8, 4) is 0 Å². The van der Waals surface area contributed by atoms with Gasteiger partial charge in [-0.25, -0.2) is 8.78 Å². The van der Waals surface area contributed by atoms with Crippen molar-refractivity contribution < 1.29 is 8.78 Å². The highest BCUT2D eigenvalue weighted by atomic mass is 79.9. The first-order valence-corrected chi connectivity index (χ1v) is 6.97. The lowest BCUT2D eigenvalue weighted by atomic mass is 9.98. The summed E-state index contributed by atoms with van der Waals surface area (Å²) in [5.74, 6) is 5.01. The predicted molar refractivity (Wildman–Crippen MR) is 79.0 cm³/mol. The minimum atomic E-state index is -0.312. The number of aryl methyl sites for hydroxylation is 1. The Morgan fingerprint density at radius 2 is 1.95 bits per heavy atom. The predicted octanol–water partition coefficient (Wildman–Crippen LogP) is 3.78. The molecule has 0 spiro atoms. The average molecular weight is 341 g/mol. The van der Waals surface area contributed by atoms with Gasteiger partial charge in [0.25, 0.3) is 0 Å². The topological polar surface area (TPSA) is 38.0 Å². The molecule has 0 aromatic heterocycles. The van der Waals surface area contributed by atoms with Crippen LogP contribution in [0, 0.1) is 18.6 Å². The molecule has 2 rings (SSSR count). The number of hydrazine groups is 1. The second-order valence-corrected chi connectivity index (χ2v) is 5.44. The Labute approximate surface area is 125 Å². The van der Waals surface area contributed by atoms with Crippen LogP contribution in [0.3, 0.4) is 0 Å². The molecule has 0 aliphatic heterocycles. The van der Waals surface area contributed by atoms with Crippen molar-refractivity contribution in [2.45, 2.75) is 19.4 Å². The molecule has 1 atom stereocenters. The monoisotopic (exact) mass is 340 g/mol. The van der Waals surface area contributed by atoms with Gasteiger partial charge in [-0.3, -0.25) is 11.3 Å². The fraction of sp³-hybridized carbons (Fsp3) is 0.200. The Kier molecular flexibility index (Phi) is 4.86. The van der Waals surface area contributed by atoms with E-state index in [-0.39, 0.29) is 17.7 Å². The zero-order valence-corrected chi connectivity index (χ0v) is 12.5. The van der Waals surface area contributed by atoms with Gasteiger partial charge in [-0.15, -0.1) is 0 Å². The van der Waals surface area contributed by atoms with Crippen molar-refractivity contribution in [2.24, 2.45) is 5.84 Å². The highest BCUT2D eigenvalue weighted by Crippen LogP contribution is 2.26. The maximum absolute atomic E-state index is 13.5. The van der Waals surface area contributed by atoms with Crippen LogP contribution in [0.4, 0.5) is 8.78 Å². The summed E-state index contributed by atoms with van der Waals surface area (Å²) >= 11 is 3.23. The third-order valence-corrected chi connectivity index (χ3v) is 4.13. The number of nitrogens with one attached hydrogen (secondary N) is 1. The number of halogens is 3.